The second-order valence-electron chi connectivity index (χ2n) is 3.23. The third-order valence-corrected chi connectivity index (χ3v) is 2.17. The average Bonchev–Trinajstić information content (AvgIpc) is 2.72. The first-order chi connectivity index (χ1) is 7.30. The molecule has 15 heavy (non-hydrogen) atoms. The van der Waals surface area contributed by atoms with Crippen LogP contribution in [0.2, 0.25) is 0 Å². The fraction of sp³-hybridized carbons (Fsp3) is 0.455. The van der Waals surface area contributed by atoms with Crippen molar-refractivity contribution in [2.24, 2.45) is 0 Å². The number of rotatable bonds is 5. The van der Waals surface area contributed by atoms with E-state index in [2.05, 4.69) is 11.4 Å². The summed E-state index contributed by atoms with van der Waals surface area (Å²) in [4.78, 5) is 0. The highest BCUT2D eigenvalue weighted by atomic mass is 16.3. The molecule has 0 aliphatic heterocycles. The zero-order valence-electron chi connectivity index (χ0n) is 8.66. The van der Waals surface area contributed by atoms with Crippen molar-refractivity contribution in [3.05, 3.63) is 23.7 Å². The van der Waals surface area contributed by atoms with Gasteiger partial charge in [-0.05, 0) is 18.6 Å². The molecule has 4 nitrogen and oxygen atoms in total. The van der Waals surface area contributed by atoms with Gasteiger partial charge in [-0.3, -0.25) is 0 Å². The largest absolute Gasteiger partial charge is 0.449 e. The Morgan fingerprint density at radius 2 is 2.27 bits per heavy atom. The smallest absolute Gasteiger partial charge is 0.203 e. The molecule has 0 amide bonds. The van der Waals surface area contributed by atoms with Gasteiger partial charge in [0.15, 0.2) is 0 Å². The van der Waals surface area contributed by atoms with E-state index in [-0.39, 0.29) is 6.04 Å². The standard InChI is InChI=1S/C11H13N3O/c1-2-9(5-6-12)14-8-11-4-3-10(7-13)15-11/h3-4,9,14H,2,5,8H2,1H3. The summed E-state index contributed by atoms with van der Waals surface area (Å²) in [5.74, 6) is 1.04. The normalized spacial score (nSPS) is 11.7. The molecule has 78 valence electrons. The van der Waals surface area contributed by atoms with Crippen LogP contribution in [-0.4, -0.2) is 6.04 Å². The highest BCUT2D eigenvalue weighted by molar-refractivity contribution is 5.18. The van der Waals surface area contributed by atoms with Gasteiger partial charge in [0, 0.05) is 6.04 Å². The van der Waals surface area contributed by atoms with Gasteiger partial charge in [-0.25, -0.2) is 0 Å². The van der Waals surface area contributed by atoms with Crippen molar-refractivity contribution in [3.8, 4) is 12.1 Å². The number of hydrogen-bond acceptors (Lipinski definition) is 4. The third kappa shape index (κ3) is 3.46. The summed E-state index contributed by atoms with van der Waals surface area (Å²) in [5, 5.41) is 20.3. The molecular formula is C11H13N3O. The van der Waals surface area contributed by atoms with Gasteiger partial charge in [0.1, 0.15) is 11.8 Å². The predicted molar refractivity (Wildman–Crippen MR) is 54.6 cm³/mol. The Morgan fingerprint density at radius 1 is 1.47 bits per heavy atom. The van der Waals surface area contributed by atoms with E-state index >= 15 is 0 Å². The quantitative estimate of drug-likeness (QED) is 0.793. The molecule has 1 unspecified atom stereocenters. The van der Waals surface area contributed by atoms with E-state index < -0.39 is 0 Å². The molecular weight excluding hydrogens is 190 g/mol. The fourth-order valence-corrected chi connectivity index (χ4v) is 1.25. The van der Waals surface area contributed by atoms with Gasteiger partial charge in [0.25, 0.3) is 0 Å². The summed E-state index contributed by atoms with van der Waals surface area (Å²) in [6.45, 7) is 2.58. The van der Waals surface area contributed by atoms with Crippen LogP contribution in [0.4, 0.5) is 0 Å². The zero-order chi connectivity index (χ0) is 11.1. The van der Waals surface area contributed by atoms with Crippen molar-refractivity contribution in [2.45, 2.75) is 32.4 Å². The molecule has 0 radical (unpaired) electrons. The lowest BCUT2D eigenvalue weighted by Crippen LogP contribution is -2.27. The Hall–Kier alpha value is -1.78. The van der Waals surface area contributed by atoms with Crippen LogP contribution in [-0.2, 0) is 6.54 Å². The molecule has 1 aromatic rings. The van der Waals surface area contributed by atoms with Crippen LogP contribution in [0.1, 0.15) is 31.3 Å². The predicted octanol–water partition coefficient (Wildman–Crippen LogP) is 1.93. The van der Waals surface area contributed by atoms with Crippen LogP contribution >= 0.6 is 0 Å². The van der Waals surface area contributed by atoms with Crippen LogP contribution in [0, 0.1) is 22.7 Å². The topological polar surface area (TPSA) is 72.8 Å². The van der Waals surface area contributed by atoms with Crippen LogP contribution in [0.25, 0.3) is 0 Å². The molecule has 0 aromatic carbocycles. The first kappa shape index (κ1) is 11.3. The maximum absolute atomic E-state index is 8.55. The molecule has 0 fully saturated rings. The maximum atomic E-state index is 8.55. The summed E-state index contributed by atoms with van der Waals surface area (Å²) >= 11 is 0. The van der Waals surface area contributed by atoms with E-state index in [0.29, 0.717) is 18.7 Å². The van der Waals surface area contributed by atoms with E-state index in [1.807, 2.05) is 13.0 Å². The molecule has 1 N–H and O–H groups in total. The van der Waals surface area contributed by atoms with Gasteiger partial charge >= 0.3 is 0 Å². The van der Waals surface area contributed by atoms with Crippen molar-refractivity contribution in [2.75, 3.05) is 0 Å². The van der Waals surface area contributed by atoms with E-state index in [1.54, 1.807) is 12.1 Å². The Labute approximate surface area is 89.1 Å². The average molecular weight is 203 g/mol. The first-order valence-electron chi connectivity index (χ1n) is 4.89. The van der Waals surface area contributed by atoms with Gasteiger partial charge in [0.05, 0.1) is 19.0 Å². The Bertz CT molecular complexity index is 383. The van der Waals surface area contributed by atoms with Gasteiger partial charge in [-0.2, -0.15) is 10.5 Å². The van der Waals surface area contributed by atoms with Crippen LogP contribution in [0.3, 0.4) is 0 Å². The fourth-order valence-electron chi connectivity index (χ4n) is 1.25. The molecule has 4 heteroatoms. The molecule has 0 saturated heterocycles. The van der Waals surface area contributed by atoms with Crippen LogP contribution < -0.4 is 5.32 Å². The Kier molecular flexibility index (Phi) is 4.40. The van der Waals surface area contributed by atoms with E-state index in [9.17, 15) is 0 Å². The highest BCUT2D eigenvalue weighted by Crippen LogP contribution is 2.07. The third-order valence-electron chi connectivity index (χ3n) is 2.17. The summed E-state index contributed by atoms with van der Waals surface area (Å²) in [6.07, 6.45) is 1.39. The molecule has 1 atom stereocenters. The van der Waals surface area contributed by atoms with Crippen LogP contribution in [0.5, 0.6) is 0 Å². The van der Waals surface area contributed by atoms with Crippen molar-refractivity contribution >= 4 is 0 Å². The minimum Gasteiger partial charge on any atom is -0.449 e. The lowest BCUT2D eigenvalue weighted by molar-refractivity contribution is 0.434. The lowest BCUT2D eigenvalue weighted by atomic mass is 10.1. The van der Waals surface area contributed by atoms with Crippen molar-refractivity contribution in [3.63, 3.8) is 0 Å². The summed E-state index contributed by atoms with van der Waals surface area (Å²) < 4.78 is 5.20. The molecule has 0 spiro atoms. The monoisotopic (exact) mass is 203 g/mol. The van der Waals surface area contributed by atoms with Gasteiger partial charge in [-0.15, -0.1) is 0 Å². The summed E-state index contributed by atoms with van der Waals surface area (Å²) in [7, 11) is 0. The molecule has 1 heterocycles. The Morgan fingerprint density at radius 3 is 2.80 bits per heavy atom. The molecule has 0 aliphatic carbocycles. The molecule has 1 rings (SSSR count). The zero-order valence-corrected chi connectivity index (χ0v) is 8.66. The number of hydrogen-bond donors (Lipinski definition) is 1. The number of furan rings is 1. The van der Waals surface area contributed by atoms with Gasteiger partial charge in [0.2, 0.25) is 5.76 Å². The lowest BCUT2D eigenvalue weighted by Gasteiger charge is -2.11. The number of nitrogens with one attached hydrogen (secondary N) is 1. The van der Waals surface area contributed by atoms with E-state index in [1.165, 1.54) is 0 Å². The molecule has 0 aliphatic rings. The molecule has 0 saturated carbocycles. The minimum atomic E-state index is 0.186. The molecule has 1 aromatic heterocycles. The maximum Gasteiger partial charge on any atom is 0.203 e. The van der Waals surface area contributed by atoms with E-state index in [0.717, 1.165) is 12.2 Å². The van der Waals surface area contributed by atoms with Crippen LogP contribution in [0.15, 0.2) is 16.5 Å². The van der Waals surface area contributed by atoms with Crippen molar-refractivity contribution in [1.82, 2.24) is 5.32 Å². The second kappa shape index (κ2) is 5.85. The van der Waals surface area contributed by atoms with Crippen molar-refractivity contribution in [1.29, 1.82) is 10.5 Å². The summed E-state index contributed by atoms with van der Waals surface area (Å²) in [5.41, 5.74) is 0. The summed E-state index contributed by atoms with van der Waals surface area (Å²) in [6, 6.07) is 7.65. The number of nitrogens with zero attached hydrogens (tertiary/aromatic N) is 2. The molecule has 0 bridgehead atoms. The van der Waals surface area contributed by atoms with Gasteiger partial charge < -0.3 is 9.73 Å². The second-order valence-corrected chi connectivity index (χ2v) is 3.23. The van der Waals surface area contributed by atoms with Gasteiger partial charge in [-0.1, -0.05) is 6.92 Å². The van der Waals surface area contributed by atoms with E-state index in [4.69, 9.17) is 14.9 Å². The minimum absolute atomic E-state index is 0.186. The van der Waals surface area contributed by atoms with Crippen molar-refractivity contribution < 1.29 is 4.42 Å². The highest BCUT2D eigenvalue weighted by Gasteiger charge is 2.06. The SMILES string of the molecule is CCC(CC#N)NCc1ccc(C#N)o1. The number of nitriles is 2. The first-order valence-corrected chi connectivity index (χ1v) is 4.89. The Balaban J connectivity index is 2.43.